The summed E-state index contributed by atoms with van der Waals surface area (Å²) in [6, 6.07) is 0.362. The fraction of sp³-hybridized carbons (Fsp3) is 0.900. The van der Waals surface area contributed by atoms with Gasteiger partial charge in [0.1, 0.15) is 0 Å². The molecule has 0 atom stereocenters. The monoisotopic (exact) mass is 198 g/mol. The molecule has 1 aliphatic heterocycles. The Bertz CT molecular complexity index is 210. The van der Waals surface area contributed by atoms with E-state index in [4.69, 9.17) is 4.74 Å². The lowest BCUT2D eigenvalue weighted by Crippen LogP contribution is -2.50. The number of hydrogen-bond donors (Lipinski definition) is 2. The molecule has 80 valence electrons. The predicted molar refractivity (Wildman–Crippen MR) is 52.9 cm³/mol. The summed E-state index contributed by atoms with van der Waals surface area (Å²) < 4.78 is 5.15. The fourth-order valence-corrected chi connectivity index (χ4v) is 1.92. The van der Waals surface area contributed by atoms with Crippen LogP contribution in [0.2, 0.25) is 0 Å². The number of methoxy groups -OCH3 is 1. The first kappa shape index (κ1) is 9.93. The van der Waals surface area contributed by atoms with Gasteiger partial charge in [0.2, 0.25) is 5.91 Å². The molecule has 4 heteroatoms. The van der Waals surface area contributed by atoms with Gasteiger partial charge in [0.25, 0.3) is 0 Å². The lowest BCUT2D eigenvalue weighted by Gasteiger charge is -2.35. The van der Waals surface area contributed by atoms with Gasteiger partial charge < -0.3 is 15.4 Å². The summed E-state index contributed by atoms with van der Waals surface area (Å²) in [6.07, 6.45) is 3.00. The molecule has 4 nitrogen and oxygen atoms in total. The highest BCUT2D eigenvalue weighted by molar-refractivity contribution is 5.76. The van der Waals surface area contributed by atoms with Gasteiger partial charge in [-0.05, 0) is 31.8 Å². The van der Waals surface area contributed by atoms with E-state index in [0.717, 1.165) is 25.9 Å². The highest BCUT2D eigenvalue weighted by Gasteiger charge is 2.30. The Labute approximate surface area is 84.4 Å². The Morgan fingerprint density at radius 1 is 1.50 bits per heavy atom. The van der Waals surface area contributed by atoms with Crippen LogP contribution in [0.1, 0.15) is 19.3 Å². The zero-order valence-corrected chi connectivity index (χ0v) is 8.58. The summed E-state index contributed by atoms with van der Waals surface area (Å²) >= 11 is 0. The molecule has 1 saturated heterocycles. The van der Waals surface area contributed by atoms with E-state index in [-0.39, 0.29) is 5.91 Å². The Kier molecular flexibility index (Phi) is 3.03. The van der Waals surface area contributed by atoms with E-state index in [0.29, 0.717) is 24.5 Å². The summed E-state index contributed by atoms with van der Waals surface area (Å²) in [5, 5.41) is 6.20. The van der Waals surface area contributed by atoms with Gasteiger partial charge in [0, 0.05) is 19.6 Å². The maximum Gasteiger partial charge on any atom is 0.220 e. The molecule has 1 saturated carbocycles. The first-order chi connectivity index (χ1) is 6.78. The van der Waals surface area contributed by atoms with Gasteiger partial charge in [-0.2, -0.15) is 0 Å². The van der Waals surface area contributed by atoms with Gasteiger partial charge in [-0.15, -0.1) is 0 Å². The van der Waals surface area contributed by atoms with Crippen LogP contribution in [-0.4, -0.2) is 38.3 Å². The van der Waals surface area contributed by atoms with E-state index in [1.54, 1.807) is 7.11 Å². The van der Waals surface area contributed by atoms with Gasteiger partial charge in [0.05, 0.1) is 6.10 Å². The Morgan fingerprint density at radius 2 is 2.21 bits per heavy atom. The van der Waals surface area contributed by atoms with Crippen LogP contribution < -0.4 is 10.6 Å². The third kappa shape index (κ3) is 2.25. The molecule has 1 amide bonds. The molecular weight excluding hydrogens is 180 g/mol. The highest BCUT2D eigenvalue weighted by atomic mass is 16.5. The second-order valence-corrected chi connectivity index (χ2v) is 4.32. The van der Waals surface area contributed by atoms with Crippen molar-refractivity contribution in [2.45, 2.75) is 31.4 Å². The molecule has 0 aromatic carbocycles. The minimum atomic E-state index is 0.205. The van der Waals surface area contributed by atoms with E-state index in [1.807, 2.05) is 0 Å². The Hall–Kier alpha value is -0.610. The van der Waals surface area contributed by atoms with Crippen molar-refractivity contribution < 1.29 is 9.53 Å². The quantitative estimate of drug-likeness (QED) is 0.662. The molecule has 0 aromatic rings. The molecule has 2 rings (SSSR count). The van der Waals surface area contributed by atoms with Crippen LogP contribution in [0.4, 0.5) is 0 Å². The number of carbonyl (C=O) groups is 1. The lowest BCUT2D eigenvalue weighted by atomic mass is 9.88. The summed E-state index contributed by atoms with van der Waals surface area (Å²) in [4.78, 5) is 11.5. The predicted octanol–water partition coefficient (Wildman–Crippen LogP) is -0.111. The smallest absolute Gasteiger partial charge is 0.220 e. The minimum Gasteiger partial charge on any atom is -0.381 e. The topological polar surface area (TPSA) is 50.4 Å². The third-order valence-corrected chi connectivity index (χ3v) is 3.13. The fourth-order valence-electron chi connectivity index (χ4n) is 1.92. The van der Waals surface area contributed by atoms with Crippen molar-refractivity contribution in [2.75, 3.05) is 20.2 Å². The van der Waals surface area contributed by atoms with Crippen LogP contribution in [-0.2, 0) is 9.53 Å². The summed E-state index contributed by atoms with van der Waals surface area (Å²) in [5.41, 5.74) is 0. The molecule has 2 N–H and O–H groups in total. The van der Waals surface area contributed by atoms with Crippen molar-refractivity contribution in [3.63, 3.8) is 0 Å². The largest absolute Gasteiger partial charge is 0.381 e. The third-order valence-electron chi connectivity index (χ3n) is 3.13. The average Bonchev–Trinajstić information content (AvgIpc) is 2.03. The zero-order chi connectivity index (χ0) is 9.97. The molecular formula is C10H18N2O2. The normalized spacial score (nSPS) is 31.8. The van der Waals surface area contributed by atoms with Gasteiger partial charge in [-0.3, -0.25) is 4.79 Å². The second-order valence-electron chi connectivity index (χ2n) is 4.32. The Morgan fingerprint density at radius 3 is 2.71 bits per heavy atom. The Balaban J connectivity index is 1.58. The van der Waals surface area contributed by atoms with Crippen LogP contribution in [0.3, 0.4) is 0 Å². The lowest BCUT2D eigenvalue weighted by molar-refractivity contribution is -0.124. The highest BCUT2D eigenvalue weighted by Crippen LogP contribution is 2.22. The minimum absolute atomic E-state index is 0.205. The molecule has 2 aliphatic rings. The maximum absolute atomic E-state index is 11.5. The number of ether oxygens (including phenoxy) is 1. The van der Waals surface area contributed by atoms with Crippen molar-refractivity contribution in [3.05, 3.63) is 0 Å². The number of hydrogen-bond acceptors (Lipinski definition) is 3. The van der Waals surface area contributed by atoms with Crippen LogP contribution >= 0.6 is 0 Å². The van der Waals surface area contributed by atoms with Gasteiger partial charge in [-0.1, -0.05) is 0 Å². The van der Waals surface area contributed by atoms with E-state index in [2.05, 4.69) is 10.6 Å². The molecule has 1 heterocycles. The van der Waals surface area contributed by atoms with Crippen LogP contribution in [0, 0.1) is 5.92 Å². The average molecular weight is 198 g/mol. The van der Waals surface area contributed by atoms with Crippen molar-refractivity contribution in [1.29, 1.82) is 0 Å². The van der Waals surface area contributed by atoms with Gasteiger partial charge in [-0.25, -0.2) is 0 Å². The molecule has 0 aromatic heterocycles. The van der Waals surface area contributed by atoms with Crippen molar-refractivity contribution in [3.8, 4) is 0 Å². The van der Waals surface area contributed by atoms with Crippen LogP contribution in [0.15, 0.2) is 0 Å². The van der Waals surface area contributed by atoms with Crippen molar-refractivity contribution in [1.82, 2.24) is 10.6 Å². The molecule has 2 fully saturated rings. The molecule has 1 aliphatic carbocycles. The van der Waals surface area contributed by atoms with Gasteiger partial charge in [0.15, 0.2) is 0 Å². The zero-order valence-electron chi connectivity index (χ0n) is 8.58. The molecule has 0 bridgehead atoms. The summed E-state index contributed by atoms with van der Waals surface area (Å²) in [7, 11) is 1.72. The maximum atomic E-state index is 11.5. The first-order valence-corrected chi connectivity index (χ1v) is 5.31. The summed E-state index contributed by atoms with van der Waals surface area (Å²) in [6.45, 7) is 2.00. The van der Waals surface area contributed by atoms with Crippen LogP contribution in [0.5, 0.6) is 0 Å². The van der Waals surface area contributed by atoms with E-state index in [1.165, 1.54) is 0 Å². The van der Waals surface area contributed by atoms with Crippen LogP contribution in [0.25, 0.3) is 0 Å². The van der Waals surface area contributed by atoms with Crippen molar-refractivity contribution >= 4 is 5.91 Å². The van der Waals surface area contributed by atoms with Crippen molar-refractivity contribution in [2.24, 2.45) is 5.92 Å². The summed E-state index contributed by atoms with van der Waals surface area (Å²) in [5.74, 6) is 0.768. The standard InChI is InChI=1S/C10H18N2O2/c1-14-9-3-8(4-9)12-10(13)2-7-5-11-6-7/h7-9,11H,2-6H2,1H3,(H,12,13). The molecule has 14 heavy (non-hydrogen) atoms. The second kappa shape index (κ2) is 4.28. The number of amides is 1. The van der Waals surface area contributed by atoms with E-state index in [9.17, 15) is 4.79 Å². The molecule has 0 unspecified atom stereocenters. The SMILES string of the molecule is COC1CC(NC(=O)CC2CNC2)C1. The number of nitrogens with one attached hydrogen (secondary N) is 2. The van der Waals surface area contributed by atoms with Gasteiger partial charge >= 0.3 is 0 Å². The molecule has 0 radical (unpaired) electrons. The van der Waals surface area contributed by atoms with E-state index < -0.39 is 0 Å². The molecule has 0 spiro atoms. The number of rotatable bonds is 4. The first-order valence-electron chi connectivity index (χ1n) is 5.31. The van der Waals surface area contributed by atoms with E-state index >= 15 is 0 Å². The number of carbonyl (C=O) groups excluding carboxylic acids is 1.